The predicted molar refractivity (Wildman–Crippen MR) is 152 cm³/mol. The molecule has 7 nitrogen and oxygen atoms in total. The third-order valence-corrected chi connectivity index (χ3v) is 8.38. The molecule has 11 heteroatoms. The number of carbonyl (C=O) groups excluding carboxylic acids is 2. The van der Waals surface area contributed by atoms with Crippen LogP contribution in [0.25, 0.3) is 0 Å². The van der Waals surface area contributed by atoms with E-state index in [-0.39, 0.29) is 33.2 Å². The van der Waals surface area contributed by atoms with Crippen molar-refractivity contribution in [2.24, 2.45) is 0 Å². The number of hydrogen-bond acceptors (Lipinski definition) is 4. The molecule has 0 fully saturated rings. The van der Waals surface area contributed by atoms with E-state index < -0.39 is 34.4 Å². The second-order valence-corrected chi connectivity index (χ2v) is 12.0. The second-order valence-electron chi connectivity index (χ2n) is 8.87. The lowest BCUT2D eigenvalue weighted by Gasteiger charge is -2.32. The van der Waals surface area contributed by atoms with Crippen LogP contribution in [-0.4, -0.2) is 43.8 Å². The van der Waals surface area contributed by atoms with E-state index in [2.05, 4.69) is 5.32 Å². The van der Waals surface area contributed by atoms with Gasteiger partial charge in [0.25, 0.3) is 10.0 Å². The highest BCUT2D eigenvalue weighted by atomic mass is 35.5. The maximum Gasteiger partial charge on any atom is 0.264 e. The lowest BCUT2D eigenvalue weighted by atomic mass is 10.1. The summed E-state index contributed by atoms with van der Waals surface area (Å²) in [5, 5.41) is 3.54. The van der Waals surface area contributed by atoms with Gasteiger partial charge in [0.15, 0.2) is 0 Å². The van der Waals surface area contributed by atoms with Crippen molar-refractivity contribution in [2.45, 2.75) is 44.3 Å². The van der Waals surface area contributed by atoms with E-state index in [4.69, 9.17) is 34.8 Å². The minimum atomic E-state index is -4.25. The van der Waals surface area contributed by atoms with Gasteiger partial charge in [-0.15, -0.1) is 0 Å². The summed E-state index contributed by atoms with van der Waals surface area (Å²) >= 11 is 18.9. The summed E-state index contributed by atoms with van der Waals surface area (Å²) in [7, 11) is -4.25. The molecule has 0 heterocycles. The van der Waals surface area contributed by atoms with Crippen molar-refractivity contribution in [2.75, 3.05) is 10.8 Å². The van der Waals surface area contributed by atoms with Gasteiger partial charge in [0.05, 0.1) is 15.6 Å². The zero-order valence-electron chi connectivity index (χ0n) is 21.1. The SMILES string of the molecule is CC(C)NC(=O)C(C)N(Cc1ccccc1Cl)C(=O)CN(c1cc(Cl)ccc1Cl)S(=O)(=O)c1ccccc1. The van der Waals surface area contributed by atoms with Gasteiger partial charge in [-0.1, -0.05) is 71.2 Å². The normalized spacial score (nSPS) is 12.2. The van der Waals surface area contributed by atoms with E-state index in [1.807, 2.05) is 0 Å². The predicted octanol–water partition coefficient (Wildman–Crippen LogP) is 5.78. The molecule has 3 rings (SSSR count). The Kier molecular flexibility index (Phi) is 10.1. The van der Waals surface area contributed by atoms with Crippen molar-refractivity contribution >= 4 is 62.3 Å². The summed E-state index contributed by atoms with van der Waals surface area (Å²) in [6.07, 6.45) is 0. The van der Waals surface area contributed by atoms with E-state index in [9.17, 15) is 18.0 Å². The summed E-state index contributed by atoms with van der Waals surface area (Å²) in [4.78, 5) is 28.1. The van der Waals surface area contributed by atoms with Crippen LogP contribution in [0.15, 0.2) is 77.7 Å². The first-order chi connectivity index (χ1) is 17.9. The largest absolute Gasteiger partial charge is 0.352 e. The Morgan fingerprint density at radius 1 is 0.868 bits per heavy atom. The Morgan fingerprint density at radius 2 is 1.50 bits per heavy atom. The fraction of sp³-hybridized carbons (Fsp3) is 0.259. The standard InChI is InChI=1S/C27H28Cl3N3O4S/c1-18(2)31-27(35)19(3)32(16-20-9-7-8-12-23(20)29)26(34)17-33(25-15-21(28)13-14-24(25)30)38(36,37)22-10-5-4-6-11-22/h4-15,18-19H,16-17H2,1-3H3,(H,31,35). The molecule has 1 unspecified atom stereocenters. The maximum atomic E-state index is 13.9. The van der Waals surface area contributed by atoms with Crippen LogP contribution in [0.1, 0.15) is 26.3 Å². The van der Waals surface area contributed by atoms with Crippen molar-refractivity contribution in [3.8, 4) is 0 Å². The molecule has 0 saturated carbocycles. The molecular formula is C27H28Cl3N3O4S. The number of amides is 2. The minimum Gasteiger partial charge on any atom is -0.352 e. The molecule has 3 aromatic carbocycles. The van der Waals surface area contributed by atoms with Crippen LogP contribution in [0.3, 0.4) is 0 Å². The number of hydrogen-bond donors (Lipinski definition) is 1. The zero-order valence-corrected chi connectivity index (χ0v) is 24.2. The Hall–Kier alpha value is -2.78. The van der Waals surface area contributed by atoms with Crippen molar-refractivity contribution < 1.29 is 18.0 Å². The Balaban J connectivity index is 2.08. The molecule has 1 atom stereocenters. The molecule has 1 N–H and O–H groups in total. The smallest absolute Gasteiger partial charge is 0.264 e. The van der Waals surface area contributed by atoms with E-state index in [0.29, 0.717) is 10.6 Å². The number of sulfonamides is 1. The molecule has 38 heavy (non-hydrogen) atoms. The quantitative estimate of drug-likeness (QED) is 0.321. The molecule has 0 aliphatic carbocycles. The lowest BCUT2D eigenvalue weighted by Crippen LogP contribution is -2.52. The van der Waals surface area contributed by atoms with Crippen LogP contribution in [0.4, 0.5) is 5.69 Å². The highest BCUT2D eigenvalue weighted by Gasteiger charge is 2.33. The molecular weight excluding hydrogens is 569 g/mol. The van der Waals surface area contributed by atoms with Gasteiger partial charge in [0.2, 0.25) is 11.8 Å². The van der Waals surface area contributed by atoms with Crippen molar-refractivity contribution in [1.82, 2.24) is 10.2 Å². The van der Waals surface area contributed by atoms with Crippen LogP contribution < -0.4 is 9.62 Å². The molecule has 0 bridgehead atoms. The van der Waals surface area contributed by atoms with Crippen LogP contribution in [0.5, 0.6) is 0 Å². The molecule has 0 spiro atoms. The summed E-state index contributed by atoms with van der Waals surface area (Å²) in [5.74, 6) is -1.02. The summed E-state index contributed by atoms with van der Waals surface area (Å²) in [6, 6.07) is 17.9. The van der Waals surface area contributed by atoms with Crippen molar-refractivity contribution in [3.63, 3.8) is 0 Å². The van der Waals surface area contributed by atoms with E-state index in [0.717, 1.165) is 4.31 Å². The Labute approximate surface area is 238 Å². The molecule has 0 saturated heterocycles. The number of anilines is 1. The first-order valence-corrected chi connectivity index (χ1v) is 14.3. The third-order valence-electron chi connectivity index (χ3n) is 5.68. The van der Waals surface area contributed by atoms with Crippen molar-refractivity contribution in [1.29, 1.82) is 0 Å². The fourth-order valence-electron chi connectivity index (χ4n) is 3.71. The maximum absolute atomic E-state index is 13.9. The van der Waals surface area contributed by atoms with Gasteiger partial charge in [0.1, 0.15) is 12.6 Å². The molecule has 0 aromatic heterocycles. The van der Waals surface area contributed by atoms with Crippen LogP contribution >= 0.6 is 34.8 Å². The second kappa shape index (κ2) is 12.8. The number of benzene rings is 3. The van der Waals surface area contributed by atoms with Gasteiger partial charge in [-0.2, -0.15) is 0 Å². The minimum absolute atomic E-state index is 0.0201. The van der Waals surface area contributed by atoms with Gasteiger partial charge in [-0.05, 0) is 62.7 Å². The lowest BCUT2D eigenvalue weighted by molar-refractivity contribution is -0.139. The molecule has 202 valence electrons. The zero-order chi connectivity index (χ0) is 28.0. The molecule has 0 aliphatic heterocycles. The first-order valence-electron chi connectivity index (χ1n) is 11.8. The highest BCUT2D eigenvalue weighted by molar-refractivity contribution is 7.92. The van der Waals surface area contributed by atoms with Gasteiger partial charge in [0, 0.05) is 22.6 Å². The number of nitrogens with zero attached hydrogens (tertiary/aromatic N) is 2. The Bertz CT molecular complexity index is 1400. The summed E-state index contributed by atoms with van der Waals surface area (Å²) in [6.45, 7) is 4.53. The molecule has 2 amide bonds. The average molecular weight is 597 g/mol. The third kappa shape index (κ3) is 7.20. The van der Waals surface area contributed by atoms with Crippen molar-refractivity contribution in [3.05, 3.63) is 93.4 Å². The van der Waals surface area contributed by atoms with E-state index in [1.165, 1.54) is 35.2 Å². The monoisotopic (exact) mass is 595 g/mol. The van der Waals surface area contributed by atoms with Gasteiger partial charge >= 0.3 is 0 Å². The fourth-order valence-corrected chi connectivity index (χ4v) is 5.79. The number of carbonyl (C=O) groups is 2. The number of nitrogens with one attached hydrogen (secondary N) is 1. The number of rotatable bonds is 10. The van der Waals surface area contributed by atoms with E-state index >= 15 is 0 Å². The van der Waals surface area contributed by atoms with Crippen LogP contribution in [0, 0.1) is 0 Å². The van der Waals surface area contributed by atoms with Gasteiger partial charge < -0.3 is 10.2 Å². The molecule has 0 radical (unpaired) electrons. The topological polar surface area (TPSA) is 86.8 Å². The summed E-state index contributed by atoms with van der Waals surface area (Å²) < 4.78 is 28.4. The molecule has 0 aliphatic rings. The summed E-state index contributed by atoms with van der Waals surface area (Å²) in [5.41, 5.74) is 0.637. The van der Waals surface area contributed by atoms with Crippen LogP contribution in [-0.2, 0) is 26.2 Å². The van der Waals surface area contributed by atoms with E-state index in [1.54, 1.807) is 63.2 Å². The Morgan fingerprint density at radius 3 is 2.13 bits per heavy atom. The average Bonchev–Trinajstić information content (AvgIpc) is 2.88. The van der Waals surface area contributed by atoms with Gasteiger partial charge in [-0.3, -0.25) is 13.9 Å². The van der Waals surface area contributed by atoms with Gasteiger partial charge in [-0.25, -0.2) is 8.42 Å². The number of halogens is 3. The first kappa shape index (κ1) is 29.8. The molecule has 3 aromatic rings. The highest BCUT2D eigenvalue weighted by Crippen LogP contribution is 2.33. The van der Waals surface area contributed by atoms with Crippen LogP contribution in [0.2, 0.25) is 15.1 Å².